The van der Waals surface area contributed by atoms with Crippen molar-refractivity contribution < 1.29 is 14.3 Å². The average molecular weight is 560 g/mol. The van der Waals surface area contributed by atoms with Gasteiger partial charge in [0.05, 0.1) is 44.6 Å². The molecular formula is C28H28Cl2N2O4S. The fourth-order valence-corrected chi connectivity index (χ4v) is 5.36. The van der Waals surface area contributed by atoms with Gasteiger partial charge in [-0.05, 0) is 68.7 Å². The van der Waals surface area contributed by atoms with Gasteiger partial charge in [-0.1, -0.05) is 66.1 Å². The highest BCUT2D eigenvalue weighted by Gasteiger charge is 2.33. The van der Waals surface area contributed by atoms with Gasteiger partial charge in [0.1, 0.15) is 5.75 Å². The summed E-state index contributed by atoms with van der Waals surface area (Å²) in [6.07, 6.45) is 3.44. The topological polar surface area (TPSA) is 69.9 Å². The molecule has 37 heavy (non-hydrogen) atoms. The van der Waals surface area contributed by atoms with Crippen molar-refractivity contribution in [2.75, 3.05) is 6.61 Å². The van der Waals surface area contributed by atoms with Crippen molar-refractivity contribution >= 4 is 46.6 Å². The lowest BCUT2D eigenvalue weighted by molar-refractivity contribution is -0.143. The van der Waals surface area contributed by atoms with E-state index >= 15 is 0 Å². The largest absolute Gasteiger partial charge is 0.494 e. The molecule has 0 bridgehead atoms. The average Bonchev–Trinajstić information content (AvgIpc) is 3.15. The van der Waals surface area contributed by atoms with Crippen molar-refractivity contribution in [2.45, 2.75) is 52.7 Å². The number of unbranched alkanes of at least 4 members (excludes halogenated alkanes) is 1. The van der Waals surface area contributed by atoms with E-state index in [1.807, 2.05) is 24.3 Å². The number of halogens is 2. The van der Waals surface area contributed by atoms with Gasteiger partial charge in [0.25, 0.3) is 5.56 Å². The summed E-state index contributed by atoms with van der Waals surface area (Å²) in [6, 6.07) is 12.0. The summed E-state index contributed by atoms with van der Waals surface area (Å²) in [4.78, 5) is 32.1. The maximum atomic E-state index is 13.7. The van der Waals surface area contributed by atoms with Crippen LogP contribution < -0.4 is 19.6 Å². The summed E-state index contributed by atoms with van der Waals surface area (Å²) < 4.78 is 13.4. The van der Waals surface area contributed by atoms with E-state index in [0.29, 0.717) is 37.3 Å². The van der Waals surface area contributed by atoms with Crippen LogP contribution in [-0.2, 0) is 9.53 Å². The Kier molecular flexibility index (Phi) is 8.57. The third-order valence-corrected chi connectivity index (χ3v) is 7.51. The van der Waals surface area contributed by atoms with Gasteiger partial charge >= 0.3 is 5.97 Å². The number of hydrogen-bond donors (Lipinski definition) is 0. The first-order valence-corrected chi connectivity index (χ1v) is 13.7. The second kappa shape index (κ2) is 11.7. The molecule has 1 aliphatic rings. The first kappa shape index (κ1) is 27.2. The van der Waals surface area contributed by atoms with Gasteiger partial charge in [0, 0.05) is 0 Å². The first-order valence-electron chi connectivity index (χ1n) is 12.1. The molecule has 0 aliphatic carbocycles. The molecule has 0 N–H and O–H groups in total. The predicted octanol–water partition coefficient (Wildman–Crippen LogP) is 5.67. The summed E-state index contributed by atoms with van der Waals surface area (Å²) in [5, 5.41) is 0.836. The van der Waals surface area contributed by atoms with E-state index in [4.69, 9.17) is 32.7 Å². The number of nitrogens with zero attached hydrogens (tertiary/aromatic N) is 2. The van der Waals surface area contributed by atoms with Gasteiger partial charge in [-0.25, -0.2) is 9.79 Å². The lowest BCUT2D eigenvalue weighted by Gasteiger charge is -2.25. The Labute approximate surface area is 229 Å². The molecule has 0 radical (unpaired) electrons. The zero-order valence-corrected chi connectivity index (χ0v) is 23.4. The fourth-order valence-electron chi connectivity index (χ4n) is 4.01. The molecule has 3 aromatic rings. The van der Waals surface area contributed by atoms with E-state index in [0.717, 1.165) is 29.7 Å². The summed E-state index contributed by atoms with van der Waals surface area (Å²) in [6.45, 7) is 8.08. The van der Waals surface area contributed by atoms with Gasteiger partial charge in [-0.2, -0.15) is 0 Å². The SMILES string of the molecule is CCCCOc1ccc(C2C(C(=O)OC(C)C)=C(C)N=c3sc(=Cc4ccc(Cl)c(Cl)c4)c(=O)n32)cc1. The maximum Gasteiger partial charge on any atom is 0.338 e. The number of aromatic nitrogens is 1. The molecule has 9 heteroatoms. The predicted molar refractivity (Wildman–Crippen MR) is 148 cm³/mol. The van der Waals surface area contributed by atoms with Crippen molar-refractivity contribution in [3.63, 3.8) is 0 Å². The van der Waals surface area contributed by atoms with Crippen LogP contribution in [0.5, 0.6) is 5.75 Å². The van der Waals surface area contributed by atoms with E-state index in [2.05, 4.69) is 11.9 Å². The molecule has 0 amide bonds. The van der Waals surface area contributed by atoms with Crippen LogP contribution in [0.3, 0.4) is 0 Å². The molecule has 1 atom stereocenters. The number of rotatable bonds is 8. The smallest absolute Gasteiger partial charge is 0.338 e. The molecule has 0 fully saturated rings. The van der Waals surface area contributed by atoms with Gasteiger partial charge in [-0.15, -0.1) is 0 Å². The normalized spacial score (nSPS) is 15.5. The molecule has 0 saturated carbocycles. The minimum absolute atomic E-state index is 0.259. The maximum absolute atomic E-state index is 13.7. The van der Waals surface area contributed by atoms with E-state index in [1.165, 1.54) is 11.3 Å². The zero-order chi connectivity index (χ0) is 26.7. The number of carbonyl (C=O) groups excluding carboxylic acids is 1. The summed E-state index contributed by atoms with van der Waals surface area (Å²) in [7, 11) is 0. The minimum Gasteiger partial charge on any atom is -0.494 e. The fraction of sp³-hybridized carbons (Fsp3) is 0.321. The van der Waals surface area contributed by atoms with Crippen molar-refractivity contribution in [2.24, 2.45) is 4.99 Å². The second-order valence-electron chi connectivity index (χ2n) is 8.98. The van der Waals surface area contributed by atoms with Crippen LogP contribution in [0.1, 0.15) is 57.7 Å². The number of fused-ring (bicyclic) bond motifs is 1. The van der Waals surface area contributed by atoms with E-state index < -0.39 is 12.0 Å². The van der Waals surface area contributed by atoms with Crippen molar-refractivity contribution in [1.82, 2.24) is 4.57 Å². The van der Waals surface area contributed by atoms with Crippen LogP contribution in [0.15, 0.2) is 63.5 Å². The number of thiazole rings is 1. The van der Waals surface area contributed by atoms with E-state index in [9.17, 15) is 9.59 Å². The molecule has 1 aliphatic heterocycles. The number of carbonyl (C=O) groups is 1. The van der Waals surface area contributed by atoms with Crippen molar-refractivity contribution in [1.29, 1.82) is 0 Å². The van der Waals surface area contributed by atoms with Crippen LogP contribution in [0.4, 0.5) is 0 Å². The lowest BCUT2D eigenvalue weighted by atomic mass is 9.96. The lowest BCUT2D eigenvalue weighted by Crippen LogP contribution is -2.40. The third kappa shape index (κ3) is 6.00. The summed E-state index contributed by atoms with van der Waals surface area (Å²) in [5.41, 5.74) is 2.09. The first-order chi connectivity index (χ1) is 17.7. The molecule has 194 valence electrons. The van der Waals surface area contributed by atoms with Gasteiger partial charge in [0.2, 0.25) is 0 Å². The van der Waals surface area contributed by atoms with Crippen LogP contribution in [0, 0.1) is 0 Å². The molecule has 0 spiro atoms. The standard InChI is InChI=1S/C28H28Cl2N2O4S/c1-5-6-13-35-20-10-8-19(9-11-20)25-24(27(34)36-16(2)3)17(4)31-28-32(25)26(33)23(37-28)15-18-7-12-21(29)22(30)14-18/h7-12,14-16,25H,5-6,13H2,1-4H3. The van der Waals surface area contributed by atoms with Crippen molar-refractivity contribution in [3.05, 3.63) is 94.6 Å². The Balaban J connectivity index is 1.84. The van der Waals surface area contributed by atoms with Crippen LogP contribution in [-0.4, -0.2) is 23.2 Å². The molecule has 6 nitrogen and oxygen atoms in total. The van der Waals surface area contributed by atoms with Crippen LogP contribution in [0.25, 0.3) is 6.08 Å². The second-order valence-corrected chi connectivity index (χ2v) is 10.8. The third-order valence-electron chi connectivity index (χ3n) is 5.79. The Morgan fingerprint density at radius 2 is 1.89 bits per heavy atom. The van der Waals surface area contributed by atoms with Crippen LogP contribution in [0.2, 0.25) is 10.0 Å². The molecule has 0 saturated heterocycles. The Morgan fingerprint density at radius 3 is 2.54 bits per heavy atom. The Morgan fingerprint density at radius 1 is 1.16 bits per heavy atom. The highest BCUT2D eigenvalue weighted by molar-refractivity contribution is 7.07. The van der Waals surface area contributed by atoms with Crippen molar-refractivity contribution in [3.8, 4) is 5.75 Å². The number of allylic oxidation sites excluding steroid dienone is 1. The number of benzene rings is 2. The molecule has 1 unspecified atom stereocenters. The monoisotopic (exact) mass is 558 g/mol. The summed E-state index contributed by atoms with van der Waals surface area (Å²) in [5.74, 6) is 0.236. The summed E-state index contributed by atoms with van der Waals surface area (Å²) >= 11 is 13.5. The quantitative estimate of drug-likeness (QED) is 0.263. The number of esters is 1. The minimum atomic E-state index is -0.692. The highest BCUT2D eigenvalue weighted by Crippen LogP contribution is 2.32. The Hall–Kier alpha value is -2.87. The molecule has 1 aromatic heterocycles. The molecule has 4 rings (SSSR count). The van der Waals surface area contributed by atoms with Gasteiger partial charge in [0.15, 0.2) is 4.80 Å². The zero-order valence-electron chi connectivity index (χ0n) is 21.1. The van der Waals surface area contributed by atoms with Crippen LogP contribution >= 0.6 is 34.5 Å². The molecule has 2 aromatic carbocycles. The van der Waals surface area contributed by atoms with Gasteiger partial charge < -0.3 is 9.47 Å². The molecule has 2 heterocycles. The van der Waals surface area contributed by atoms with Gasteiger partial charge in [-0.3, -0.25) is 9.36 Å². The Bertz CT molecular complexity index is 1520. The number of hydrogen-bond acceptors (Lipinski definition) is 6. The highest BCUT2D eigenvalue weighted by atomic mass is 35.5. The van der Waals surface area contributed by atoms with E-state index in [-0.39, 0.29) is 11.7 Å². The molecular weight excluding hydrogens is 531 g/mol. The van der Waals surface area contributed by atoms with E-state index in [1.54, 1.807) is 49.6 Å². The number of ether oxygens (including phenoxy) is 2.